The van der Waals surface area contributed by atoms with Gasteiger partial charge in [-0.25, -0.2) is 0 Å². The maximum absolute atomic E-state index is 11.1. The Morgan fingerprint density at radius 2 is 1.95 bits per heavy atom. The molecule has 0 spiro atoms. The van der Waals surface area contributed by atoms with Crippen LogP contribution < -0.4 is 5.73 Å². The summed E-state index contributed by atoms with van der Waals surface area (Å²) in [7, 11) is 0. The molecule has 5 nitrogen and oxygen atoms in total. The van der Waals surface area contributed by atoms with Crippen molar-refractivity contribution in [1.82, 2.24) is 4.90 Å². The molecule has 1 aromatic rings. The highest BCUT2D eigenvalue weighted by molar-refractivity contribution is 5.92. The van der Waals surface area contributed by atoms with E-state index in [0.717, 1.165) is 12.1 Å². The molecule has 0 aromatic heterocycles. The van der Waals surface area contributed by atoms with E-state index in [9.17, 15) is 9.59 Å². The molecule has 1 amide bonds. The predicted octanol–water partition coefficient (Wildman–Crippen LogP) is 0.938. The van der Waals surface area contributed by atoms with E-state index in [1.54, 1.807) is 12.1 Å². The Bertz CT molecular complexity index is 484. The Morgan fingerprint density at radius 1 is 1.32 bits per heavy atom. The number of likely N-dealkylation sites (tertiary alicyclic amines) is 1. The lowest BCUT2D eigenvalue weighted by Gasteiger charge is -2.15. The minimum Gasteiger partial charge on any atom is -0.481 e. The molecule has 102 valence electrons. The van der Waals surface area contributed by atoms with Crippen molar-refractivity contribution in [1.29, 1.82) is 0 Å². The second kappa shape index (κ2) is 5.40. The maximum Gasteiger partial charge on any atom is 0.308 e. The topological polar surface area (TPSA) is 83.6 Å². The number of carboxylic acids is 1. The fraction of sp³-hybridized carbons (Fsp3) is 0.429. The molecule has 1 heterocycles. The standard InChI is InChI=1S/C14H18N2O3/c1-9-6-16(8-12(9)14(18)19)7-10-2-4-11(5-3-10)13(15)17/h2-5,9,12H,6-8H2,1H3,(H2,15,17)(H,18,19). The number of nitrogens with two attached hydrogens (primary N) is 1. The Morgan fingerprint density at radius 3 is 2.42 bits per heavy atom. The van der Waals surface area contributed by atoms with Gasteiger partial charge in [0.05, 0.1) is 5.92 Å². The Labute approximate surface area is 112 Å². The third kappa shape index (κ3) is 3.12. The number of hydrogen-bond donors (Lipinski definition) is 2. The van der Waals surface area contributed by atoms with Crippen molar-refractivity contribution in [3.63, 3.8) is 0 Å². The number of rotatable bonds is 4. The molecule has 1 fully saturated rings. The first-order valence-corrected chi connectivity index (χ1v) is 6.31. The summed E-state index contributed by atoms with van der Waals surface area (Å²) in [5, 5.41) is 9.09. The van der Waals surface area contributed by atoms with Gasteiger partial charge >= 0.3 is 5.97 Å². The molecule has 5 heteroatoms. The van der Waals surface area contributed by atoms with E-state index in [0.29, 0.717) is 18.7 Å². The molecule has 1 aromatic carbocycles. The second-order valence-electron chi connectivity index (χ2n) is 5.18. The average molecular weight is 262 g/mol. The van der Waals surface area contributed by atoms with Gasteiger partial charge in [-0.15, -0.1) is 0 Å². The van der Waals surface area contributed by atoms with Gasteiger partial charge in [-0.1, -0.05) is 19.1 Å². The number of carboxylic acid groups (broad SMARTS) is 1. The minimum atomic E-state index is -0.723. The highest BCUT2D eigenvalue weighted by atomic mass is 16.4. The first-order chi connectivity index (χ1) is 8.97. The van der Waals surface area contributed by atoms with E-state index >= 15 is 0 Å². The summed E-state index contributed by atoms with van der Waals surface area (Å²) in [5.74, 6) is -1.28. The van der Waals surface area contributed by atoms with Crippen LogP contribution in [0.2, 0.25) is 0 Å². The largest absolute Gasteiger partial charge is 0.481 e. The second-order valence-corrected chi connectivity index (χ2v) is 5.18. The molecule has 0 aliphatic carbocycles. The SMILES string of the molecule is CC1CN(Cc2ccc(C(N)=O)cc2)CC1C(=O)O. The van der Waals surface area contributed by atoms with Crippen LogP contribution in [0.25, 0.3) is 0 Å². The number of carbonyl (C=O) groups is 2. The van der Waals surface area contributed by atoms with E-state index < -0.39 is 11.9 Å². The van der Waals surface area contributed by atoms with Crippen molar-refractivity contribution in [2.45, 2.75) is 13.5 Å². The van der Waals surface area contributed by atoms with E-state index in [1.165, 1.54) is 0 Å². The van der Waals surface area contributed by atoms with Crippen LogP contribution in [0.15, 0.2) is 24.3 Å². The summed E-state index contributed by atoms with van der Waals surface area (Å²) >= 11 is 0. The first kappa shape index (κ1) is 13.5. The number of primary amides is 1. The monoisotopic (exact) mass is 262 g/mol. The number of hydrogen-bond acceptors (Lipinski definition) is 3. The van der Waals surface area contributed by atoms with Crippen molar-refractivity contribution in [2.75, 3.05) is 13.1 Å². The molecule has 1 aliphatic rings. The quantitative estimate of drug-likeness (QED) is 0.845. The van der Waals surface area contributed by atoms with E-state index in [4.69, 9.17) is 10.8 Å². The highest BCUT2D eigenvalue weighted by Gasteiger charge is 2.34. The van der Waals surface area contributed by atoms with Crippen molar-refractivity contribution in [3.8, 4) is 0 Å². The number of nitrogens with zero attached hydrogens (tertiary/aromatic N) is 1. The highest BCUT2D eigenvalue weighted by Crippen LogP contribution is 2.24. The van der Waals surface area contributed by atoms with Crippen molar-refractivity contribution < 1.29 is 14.7 Å². The molecule has 0 radical (unpaired) electrons. The predicted molar refractivity (Wildman–Crippen MR) is 70.5 cm³/mol. The number of aliphatic carboxylic acids is 1. The molecule has 2 rings (SSSR count). The lowest BCUT2D eigenvalue weighted by atomic mass is 9.99. The van der Waals surface area contributed by atoms with Crippen LogP contribution in [0.4, 0.5) is 0 Å². The molecule has 3 N–H and O–H groups in total. The summed E-state index contributed by atoms with van der Waals surface area (Å²) in [6.07, 6.45) is 0. The van der Waals surface area contributed by atoms with Crippen molar-refractivity contribution >= 4 is 11.9 Å². The van der Waals surface area contributed by atoms with Crippen LogP contribution in [-0.4, -0.2) is 35.0 Å². The Balaban J connectivity index is 1.99. The summed E-state index contributed by atoms with van der Waals surface area (Å²) in [5.41, 5.74) is 6.73. The normalized spacial score (nSPS) is 23.4. The summed E-state index contributed by atoms with van der Waals surface area (Å²) in [4.78, 5) is 24.1. The van der Waals surface area contributed by atoms with Crippen LogP contribution in [0.1, 0.15) is 22.8 Å². The maximum atomic E-state index is 11.1. The van der Waals surface area contributed by atoms with Gasteiger partial charge < -0.3 is 10.8 Å². The third-order valence-electron chi connectivity index (χ3n) is 3.65. The van der Waals surface area contributed by atoms with Gasteiger partial charge in [-0.3, -0.25) is 14.5 Å². The van der Waals surface area contributed by atoms with Crippen LogP contribution >= 0.6 is 0 Å². The number of benzene rings is 1. The fourth-order valence-electron chi connectivity index (χ4n) is 2.55. The molecule has 0 saturated carbocycles. The van der Waals surface area contributed by atoms with Crippen molar-refractivity contribution in [2.24, 2.45) is 17.6 Å². The molecular weight excluding hydrogens is 244 g/mol. The zero-order valence-corrected chi connectivity index (χ0v) is 10.9. The summed E-state index contributed by atoms with van der Waals surface area (Å²) in [6.45, 7) is 4.03. The van der Waals surface area contributed by atoms with Crippen LogP contribution in [-0.2, 0) is 11.3 Å². The summed E-state index contributed by atoms with van der Waals surface area (Å²) < 4.78 is 0. The fourth-order valence-corrected chi connectivity index (χ4v) is 2.55. The van der Waals surface area contributed by atoms with E-state index in [1.807, 2.05) is 19.1 Å². The molecule has 1 saturated heterocycles. The molecule has 0 bridgehead atoms. The Hall–Kier alpha value is -1.88. The van der Waals surface area contributed by atoms with Gasteiger partial charge in [-0.05, 0) is 23.6 Å². The van der Waals surface area contributed by atoms with Gasteiger partial charge in [0, 0.05) is 25.2 Å². The van der Waals surface area contributed by atoms with Crippen molar-refractivity contribution in [3.05, 3.63) is 35.4 Å². The van der Waals surface area contributed by atoms with Gasteiger partial charge in [0.25, 0.3) is 0 Å². The Kier molecular flexibility index (Phi) is 3.85. The smallest absolute Gasteiger partial charge is 0.308 e. The first-order valence-electron chi connectivity index (χ1n) is 6.31. The average Bonchev–Trinajstić information content (AvgIpc) is 2.71. The van der Waals surface area contributed by atoms with E-state index in [-0.39, 0.29) is 11.8 Å². The third-order valence-corrected chi connectivity index (χ3v) is 3.65. The number of amides is 1. The van der Waals surface area contributed by atoms with Gasteiger partial charge in [0.15, 0.2) is 0 Å². The van der Waals surface area contributed by atoms with Crippen LogP contribution in [0, 0.1) is 11.8 Å². The minimum absolute atomic E-state index is 0.169. The zero-order valence-electron chi connectivity index (χ0n) is 10.9. The van der Waals surface area contributed by atoms with Crippen LogP contribution in [0.3, 0.4) is 0 Å². The van der Waals surface area contributed by atoms with Gasteiger partial charge in [0.2, 0.25) is 5.91 Å². The van der Waals surface area contributed by atoms with E-state index in [2.05, 4.69) is 4.90 Å². The molecule has 1 aliphatic heterocycles. The lowest BCUT2D eigenvalue weighted by molar-refractivity contribution is -0.142. The molecule has 2 unspecified atom stereocenters. The molecular formula is C14H18N2O3. The summed E-state index contributed by atoms with van der Waals surface area (Å²) in [6, 6.07) is 7.12. The lowest BCUT2D eigenvalue weighted by Crippen LogP contribution is -2.23. The number of carbonyl (C=O) groups excluding carboxylic acids is 1. The van der Waals surface area contributed by atoms with Gasteiger partial charge in [-0.2, -0.15) is 0 Å². The van der Waals surface area contributed by atoms with Crippen LogP contribution in [0.5, 0.6) is 0 Å². The molecule has 19 heavy (non-hydrogen) atoms. The molecule has 2 atom stereocenters. The zero-order chi connectivity index (χ0) is 14.0. The van der Waals surface area contributed by atoms with Gasteiger partial charge in [0.1, 0.15) is 0 Å².